The molecular formula is C15H14N4S. The third-order valence-corrected chi connectivity index (χ3v) is 4.10. The maximum Gasteiger partial charge on any atom is 0.119 e. The standard InChI is InChI=1S/C15H14N4S/c1-9-5-3-4-6-10(9)13-11(7-16)14(18)19-15(20-2)12(13)8-17/h3-6,11,13H,1-2H3,(H2,18,19)/t11?,13-/m1/s1. The molecule has 0 amide bonds. The smallest absolute Gasteiger partial charge is 0.119 e. The molecule has 1 unspecified atom stereocenters. The minimum Gasteiger partial charge on any atom is -0.386 e. The van der Waals surface area contributed by atoms with Gasteiger partial charge in [0.05, 0.1) is 17.7 Å². The van der Waals surface area contributed by atoms with Crippen LogP contribution in [0.1, 0.15) is 17.0 Å². The highest BCUT2D eigenvalue weighted by Gasteiger charge is 2.36. The van der Waals surface area contributed by atoms with Gasteiger partial charge in [0.1, 0.15) is 16.8 Å². The molecule has 4 nitrogen and oxygen atoms in total. The molecule has 2 N–H and O–H groups in total. The van der Waals surface area contributed by atoms with Crippen LogP contribution in [0.2, 0.25) is 0 Å². The van der Waals surface area contributed by atoms with Gasteiger partial charge in [-0.2, -0.15) is 10.5 Å². The summed E-state index contributed by atoms with van der Waals surface area (Å²) in [5.74, 6) is -0.656. The quantitative estimate of drug-likeness (QED) is 0.903. The predicted molar refractivity (Wildman–Crippen MR) is 80.8 cm³/mol. The fourth-order valence-electron chi connectivity index (χ4n) is 2.40. The summed E-state index contributed by atoms with van der Waals surface area (Å²) in [4.78, 5) is 4.20. The number of aliphatic imine (C=N–C) groups is 1. The molecule has 100 valence electrons. The van der Waals surface area contributed by atoms with Gasteiger partial charge in [-0.15, -0.1) is 11.8 Å². The number of hydrogen-bond donors (Lipinski definition) is 1. The van der Waals surface area contributed by atoms with E-state index in [9.17, 15) is 10.5 Å². The third-order valence-electron chi connectivity index (χ3n) is 3.40. The summed E-state index contributed by atoms with van der Waals surface area (Å²) in [6, 6.07) is 12.2. The molecule has 0 saturated heterocycles. The molecule has 0 saturated carbocycles. The van der Waals surface area contributed by atoms with Crippen LogP contribution in [0.4, 0.5) is 0 Å². The predicted octanol–water partition coefficient (Wildman–Crippen LogP) is 2.69. The number of allylic oxidation sites excluding steroid dienone is 1. The molecule has 0 aliphatic carbocycles. The molecule has 1 aliphatic rings. The van der Waals surface area contributed by atoms with Gasteiger partial charge in [-0.1, -0.05) is 24.3 Å². The number of nitrogens with zero attached hydrogens (tertiary/aromatic N) is 3. The molecule has 5 heteroatoms. The van der Waals surface area contributed by atoms with Crippen molar-refractivity contribution in [3.05, 3.63) is 46.0 Å². The number of amidine groups is 1. The van der Waals surface area contributed by atoms with Crippen molar-refractivity contribution in [2.24, 2.45) is 16.6 Å². The van der Waals surface area contributed by atoms with Crippen LogP contribution in [-0.4, -0.2) is 12.1 Å². The van der Waals surface area contributed by atoms with Crippen LogP contribution in [-0.2, 0) is 0 Å². The van der Waals surface area contributed by atoms with E-state index < -0.39 is 5.92 Å². The van der Waals surface area contributed by atoms with Gasteiger partial charge in [-0.3, -0.25) is 0 Å². The highest BCUT2D eigenvalue weighted by atomic mass is 32.2. The molecule has 1 aliphatic heterocycles. The Labute approximate surface area is 122 Å². The van der Waals surface area contributed by atoms with E-state index in [-0.39, 0.29) is 11.8 Å². The second-order valence-electron chi connectivity index (χ2n) is 4.51. The van der Waals surface area contributed by atoms with Gasteiger partial charge in [0.25, 0.3) is 0 Å². The van der Waals surface area contributed by atoms with Gasteiger partial charge in [0.15, 0.2) is 0 Å². The first-order chi connectivity index (χ1) is 9.63. The number of aryl methyl sites for hydroxylation is 1. The maximum absolute atomic E-state index is 9.47. The lowest BCUT2D eigenvalue weighted by Gasteiger charge is -2.27. The third kappa shape index (κ3) is 2.29. The van der Waals surface area contributed by atoms with Crippen LogP contribution >= 0.6 is 11.8 Å². The van der Waals surface area contributed by atoms with E-state index in [0.717, 1.165) is 11.1 Å². The summed E-state index contributed by atoms with van der Waals surface area (Å²) in [6.07, 6.45) is 1.85. The van der Waals surface area contributed by atoms with Crippen molar-refractivity contribution in [2.45, 2.75) is 12.8 Å². The van der Waals surface area contributed by atoms with Crippen molar-refractivity contribution in [2.75, 3.05) is 6.26 Å². The number of rotatable bonds is 2. The van der Waals surface area contributed by atoms with E-state index in [0.29, 0.717) is 10.6 Å². The second-order valence-corrected chi connectivity index (χ2v) is 5.31. The van der Waals surface area contributed by atoms with Crippen LogP contribution in [0.5, 0.6) is 0 Å². The Morgan fingerprint density at radius 3 is 2.55 bits per heavy atom. The minimum atomic E-state index is -0.596. The average Bonchev–Trinajstić information content (AvgIpc) is 2.46. The highest BCUT2D eigenvalue weighted by Crippen LogP contribution is 2.40. The van der Waals surface area contributed by atoms with Gasteiger partial charge >= 0.3 is 0 Å². The largest absolute Gasteiger partial charge is 0.386 e. The van der Waals surface area contributed by atoms with E-state index in [1.807, 2.05) is 37.4 Å². The molecular weight excluding hydrogens is 268 g/mol. The van der Waals surface area contributed by atoms with Crippen LogP contribution in [0.25, 0.3) is 0 Å². The molecule has 1 aromatic rings. The minimum absolute atomic E-state index is 0.282. The topological polar surface area (TPSA) is 86.0 Å². The van der Waals surface area contributed by atoms with E-state index in [2.05, 4.69) is 17.1 Å². The van der Waals surface area contributed by atoms with E-state index in [4.69, 9.17) is 5.73 Å². The van der Waals surface area contributed by atoms with Crippen molar-refractivity contribution < 1.29 is 0 Å². The SMILES string of the molecule is CSC1=C(C#N)[C@H](c2ccccc2C)C(C#N)C(N)=N1. The van der Waals surface area contributed by atoms with Crippen molar-refractivity contribution >= 4 is 17.6 Å². The van der Waals surface area contributed by atoms with Crippen molar-refractivity contribution in [3.63, 3.8) is 0 Å². The fourth-order valence-corrected chi connectivity index (χ4v) is 2.99. The zero-order valence-electron chi connectivity index (χ0n) is 11.3. The number of hydrogen-bond acceptors (Lipinski definition) is 5. The van der Waals surface area contributed by atoms with E-state index in [1.165, 1.54) is 11.8 Å². The lowest BCUT2D eigenvalue weighted by molar-refractivity contribution is 0.705. The first-order valence-electron chi connectivity index (χ1n) is 6.11. The first kappa shape index (κ1) is 14.2. The lowest BCUT2D eigenvalue weighted by atomic mass is 9.78. The maximum atomic E-state index is 9.47. The molecule has 1 heterocycles. The van der Waals surface area contributed by atoms with Crippen molar-refractivity contribution in [1.29, 1.82) is 10.5 Å². The first-order valence-corrected chi connectivity index (χ1v) is 7.34. The summed E-state index contributed by atoms with van der Waals surface area (Å²) >= 11 is 1.38. The van der Waals surface area contributed by atoms with Gasteiger partial charge in [0.2, 0.25) is 0 Å². The van der Waals surface area contributed by atoms with Crippen LogP contribution < -0.4 is 5.73 Å². The fraction of sp³-hybridized carbons (Fsp3) is 0.267. The molecule has 0 spiro atoms. The van der Waals surface area contributed by atoms with E-state index >= 15 is 0 Å². The highest BCUT2D eigenvalue weighted by molar-refractivity contribution is 8.02. The van der Waals surface area contributed by atoms with Crippen LogP contribution in [0, 0.1) is 35.5 Å². The Balaban J connectivity index is 2.68. The zero-order valence-corrected chi connectivity index (χ0v) is 12.1. The number of nitriles is 2. The molecule has 2 atom stereocenters. The summed E-state index contributed by atoms with van der Waals surface area (Å²) < 4.78 is 0. The Morgan fingerprint density at radius 1 is 1.30 bits per heavy atom. The van der Waals surface area contributed by atoms with E-state index in [1.54, 1.807) is 0 Å². The molecule has 1 aromatic carbocycles. The van der Waals surface area contributed by atoms with Crippen LogP contribution in [0.3, 0.4) is 0 Å². The summed E-state index contributed by atoms with van der Waals surface area (Å²) in [7, 11) is 0. The van der Waals surface area contributed by atoms with Gasteiger partial charge < -0.3 is 5.73 Å². The lowest BCUT2D eigenvalue weighted by Crippen LogP contribution is -2.32. The van der Waals surface area contributed by atoms with Crippen molar-refractivity contribution in [3.8, 4) is 12.1 Å². The Kier molecular flexibility index (Phi) is 4.12. The summed E-state index contributed by atoms with van der Waals surface area (Å²) in [6.45, 7) is 1.97. The summed E-state index contributed by atoms with van der Waals surface area (Å²) in [5.41, 5.74) is 8.44. The molecule has 20 heavy (non-hydrogen) atoms. The summed E-state index contributed by atoms with van der Waals surface area (Å²) in [5, 5.41) is 19.5. The molecule has 0 radical (unpaired) electrons. The van der Waals surface area contributed by atoms with Gasteiger partial charge in [0, 0.05) is 5.92 Å². The molecule has 2 rings (SSSR count). The molecule has 0 aromatic heterocycles. The monoisotopic (exact) mass is 282 g/mol. The average molecular weight is 282 g/mol. The number of thioether (sulfide) groups is 1. The number of benzene rings is 1. The van der Waals surface area contributed by atoms with Crippen LogP contribution in [0.15, 0.2) is 39.9 Å². The van der Waals surface area contributed by atoms with Gasteiger partial charge in [-0.05, 0) is 24.3 Å². The Hall–Kier alpha value is -2.24. The molecule has 0 fully saturated rings. The Bertz CT molecular complexity index is 676. The number of nitrogens with two attached hydrogens (primary N) is 1. The van der Waals surface area contributed by atoms with Crippen molar-refractivity contribution in [1.82, 2.24) is 0 Å². The molecule has 0 bridgehead atoms. The second kappa shape index (κ2) is 5.81. The zero-order chi connectivity index (χ0) is 14.7. The Morgan fingerprint density at radius 2 is 2.00 bits per heavy atom. The van der Waals surface area contributed by atoms with Gasteiger partial charge in [-0.25, -0.2) is 4.99 Å². The normalized spacial score (nSPS) is 21.9.